The Labute approximate surface area is 207 Å². The Balaban J connectivity index is 1.43. The Hall–Kier alpha value is -3.17. The predicted molar refractivity (Wildman–Crippen MR) is 138 cm³/mol. The molecule has 0 bridgehead atoms. The van der Waals surface area contributed by atoms with Crippen LogP contribution >= 0.6 is 0 Å². The van der Waals surface area contributed by atoms with Crippen molar-refractivity contribution in [1.29, 1.82) is 5.26 Å². The van der Waals surface area contributed by atoms with Crippen LogP contribution in [0.15, 0.2) is 48.5 Å². The molecule has 1 aromatic heterocycles. The van der Waals surface area contributed by atoms with E-state index in [4.69, 9.17) is 10.4 Å². The lowest BCUT2D eigenvalue weighted by atomic mass is 9.89. The molecular weight excluding hydrogens is 437 g/mol. The van der Waals surface area contributed by atoms with Gasteiger partial charge in [0.15, 0.2) is 0 Å². The van der Waals surface area contributed by atoms with E-state index in [0.717, 1.165) is 36.8 Å². The normalized spacial score (nSPS) is 17.9. The molecule has 5 nitrogen and oxygen atoms in total. The van der Waals surface area contributed by atoms with Crippen LogP contribution in [0.25, 0.3) is 16.9 Å². The number of rotatable bonds is 6. The molecule has 2 aliphatic rings. The van der Waals surface area contributed by atoms with Gasteiger partial charge < -0.3 is 10.2 Å². The second-order valence-electron chi connectivity index (χ2n) is 10.2. The summed E-state index contributed by atoms with van der Waals surface area (Å²) in [5, 5.41) is 17.6. The molecule has 2 heterocycles. The molecule has 0 radical (unpaired) electrons. The lowest BCUT2D eigenvalue weighted by Gasteiger charge is -2.29. The Kier molecular flexibility index (Phi) is 7.15. The van der Waals surface area contributed by atoms with Gasteiger partial charge in [0.2, 0.25) is 0 Å². The van der Waals surface area contributed by atoms with Gasteiger partial charge in [-0.05, 0) is 87.5 Å². The van der Waals surface area contributed by atoms with Crippen LogP contribution in [0.2, 0.25) is 0 Å². The molecule has 182 valence electrons. The third-order valence-electron chi connectivity index (χ3n) is 7.72. The van der Waals surface area contributed by atoms with Crippen molar-refractivity contribution in [1.82, 2.24) is 14.7 Å². The molecule has 1 aliphatic carbocycles. The summed E-state index contributed by atoms with van der Waals surface area (Å²) in [5.74, 6) is 1.57. The number of hydrogen-bond acceptors (Lipinski definition) is 4. The quantitative estimate of drug-likeness (QED) is 0.455. The Morgan fingerprint density at radius 3 is 2.43 bits per heavy atom. The van der Waals surface area contributed by atoms with Crippen LogP contribution in [-0.4, -0.2) is 41.4 Å². The Morgan fingerprint density at radius 1 is 1.00 bits per heavy atom. The largest absolute Gasteiger partial charge is 0.368 e. The summed E-state index contributed by atoms with van der Waals surface area (Å²) in [7, 11) is 2.18. The average Bonchev–Trinajstić information content (AvgIpc) is 3.33. The second kappa shape index (κ2) is 10.6. The fraction of sp³-hybridized carbons (Fsp3) is 0.448. The summed E-state index contributed by atoms with van der Waals surface area (Å²) in [6.45, 7) is 3.18. The fourth-order valence-electron chi connectivity index (χ4n) is 5.50. The topological polar surface area (TPSA) is 56.9 Å². The van der Waals surface area contributed by atoms with Crippen LogP contribution in [-0.2, 0) is 0 Å². The predicted octanol–water partition coefficient (Wildman–Crippen LogP) is 6.35. The van der Waals surface area contributed by atoms with Crippen molar-refractivity contribution in [2.24, 2.45) is 5.92 Å². The van der Waals surface area contributed by atoms with E-state index in [2.05, 4.69) is 41.5 Å². The van der Waals surface area contributed by atoms with Crippen LogP contribution < -0.4 is 5.32 Å². The molecule has 0 amide bonds. The third kappa shape index (κ3) is 5.41. The van der Waals surface area contributed by atoms with Gasteiger partial charge in [-0.2, -0.15) is 5.26 Å². The molecule has 1 saturated carbocycles. The molecule has 1 saturated heterocycles. The van der Waals surface area contributed by atoms with Gasteiger partial charge in [-0.25, -0.2) is 9.07 Å². The van der Waals surface area contributed by atoms with Crippen LogP contribution in [0.1, 0.15) is 62.0 Å². The van der Waals surface area contributed by atoms with Gasteiger partial charge in [0, 0.05) is 18.2 Å². The van der Waals surface area contributed by atoms with Crippen LogP contribution in [0.5, 0.6) is 0 Å². The first-order valence-electron chi connectivity index (χ1n) is 12.9. The molecule has 0 unspecified atom stereocenters. The molecule has 2 fully saturated rings. The number of aromatic nitrogens is 2. The van der Waals surface area contributed by atoms with E-state index in [1.165, 1.54) is 56.6 Å². The zero-order valence-electron chi connectivity index (χ0n) is 20.5. The molecule has 2 aromatic carbocycles. The highest BCUT2D eigenvalue weighted by Crippen LogP contribution is 2.31. The number of nitrogens with zero attached hydrogens (tertiary/aromatic N) is 4. The van der Waals surface area contributed by atoms with Gasteiger partial charge in [-0.1, -0.05) is 37.5 Å². The standard InChI is InChI=1S/C29H34FN5/c1-34-15-13-23(14-16-34)22-9-11-26(12-10-22)35-28(24-7-8-25(19-31)27(30)17-24)18-29(33-35)32-20-21-5-3-2-4-6-21/h7-12,17-18,21,23H,2-6,13-16,20H2,1H3,(H,32,33). The summed E-state index contributed by atoms with van der Waals surface area (Å²) in [4.78, 5) is 2.39. The van der Waals surface area contributed by atoms with Crippen molar-refractivity contribution in [2.75, 3.05) is 32.0 Å². The molecule has 3 aromatic rings. The van der Waals surface area contributed by atoms with Gasteiger partial charge in [-0.15, -0.1) is 5.10 Å². The lowest BCUT2D eigenvalue weighted by molar-refractivity contribution is 0.255. The first-order chi connectivity index (χ1) is 17.1. The maximum absolute atomic E-state index is 14.5. The van der Waals surface area contributed by atoms with Crippen molar-refractivity contribution in [3.8, 4) is 23.0 Å². The number of anilines is 1. The van der Waals surface area contributed by atoms with E-state index >= 15 is 0 Å². The zero-order chi connectivity index (χ0) is 24.2. The summed E-state index contributed by atoms with van der Waals surface area (Å²) >= 11 is 0. The first kappa shape index (κ1) is 23.6. The highest BCUT2D eigenvalue weighted by atomic mass is 19.1. The molecule has 0 spiro atoms. The SMILES string of the molecule is CN1CCC(c2ccc(-n3nc(NCC4CCCCC4)cc3-c3ccc(C#N)c(F)c3)cc2)CC1. The minimum absolute atomic E-state index is 0.0537. The summed E-state index contributed by atoms with van der Waals surface area (Å²) < 4.78 is 16.4. The molecular formula is C29H34FN5. The maximum atomic E-state index is 14.5. The van der Waals surface area contributed by atoms with E-state index in [-0.39, 0.29) is 5.56 Å². The Morgan fingerprint density at radius 2 is 1.74 bits per heavy atom. The van der Waals surface area contributed by atoms with E-state index in [9.17, 15) is 4.39 Å². The molecule has 5 rings (SSSR count). The minimum Gasteiger partial charge on any atom is -0.368 e. The smallest absolute Gasteiger partial charge is 0.149 e. The minimum atomic E-state index is -0.507. The lowest BCUT2D eigenvalue weighted by Crippen LogP contribution is -2.29. The first-order valence-corrected chi connectivity index (χ1v) is 12.9. The number of hydrogen-bond donors (Lipinski definition) is 1. The van der Waals surface area contributed by atoms with Crippen LogP contribution in [0.4, 0.5) is 10.2 Å². The van der Waals surface area contributed by atoms with Crippen molar-refractivity contribution in [3.05, 3.63) is 65.5 Å². The van der Waals surface area contributed by atoms with Crippen molar-refractivity contribution < 1.29 is 4.39 Å². The van der Waals surface area contributed by atoms with Crippen molar-refractivity contribution in [3.63, 3.8) is 0 Å². The van der Waals surface area contributed by atoms with Crippen LogP contribution in [0, 0.1) is 23.1 Å². The summed E-state index contributed by atoms with van der Waals surface area (Å²) in [5.41, 5.74) is 3.89. The number of nitriles is 1. The number of nitrogens with one attached hydrogen (secondary N) is 1. The summed E-state index contributed by atoms with van der Waals surface area (Å²) in [6.07, 6.45) is 8.85. The monoisotopic (exact) mass is 471 g/mol. The second-order valence-corrected chi connectivity index (χ2v) is 10.2. The van der Waals surface area contributed by atoms with E-state index in [1.54, 1.807) is 12.1 Å². The molecule has 1 N–H and O–H groups in total. The van der Waals surface area contributed by atoms with Crippen LogP contribution in [0.3, 0.4) is 0 Å². The summed E-state index contributed by atoms with van der Waals surface area (Å²) in [6, 6.07) is 17.3. The highest BCUT2D eigenvalue weighted by Gasteiger charge is 2.20. The third-order valence-corrected chi connectivity index (χ3v) is 7.72. The molecule has 6 heteroatoms. The number of likely N-dealkylation sites (tertiary alicyclic amines) is 1. The fourth-order valence-corrected chi connectivity index (χ4v) is 5.50. The van der Waals surface area contributed by atoms with Crippen molar-refractivity contribution >= 4 is 5.82 Å². The van der Waals surface area contributed by atoms with Gasteiger partial charge in [0.25, 0.3) is 0 Å². The van der Waals surface area contributed by atoms with Gasteiger partial charge >= 0.3 is 0 Å². The highest BCUT2D eigenvalue weighted by molar-refractivity contribution is 5.67. The van der Waals surface area contributed by atoms with E-state index in [1.807, 2.05) is 16.8 Å². The van der Waals surface area contributed by atoms with Crippen molar-refractivity contribution in [2.45, 2.75) is 50.9 Å². The number of benzene rings is 2. The van der Waals surface area contributed by atoms with E-state index < -0.39 is 5.82 Å². The van der Waals surface area contributed by atoms with Gasteiger partial charge in [0.05, 0.1) is 16.9 Å². The maximum Gasteiger partial charge on any atom is 0.149 e. The van der Waals surface area contributed by atoms with Gasteiger partial charge in [0.1, 0.15) is 17.7 Å². The number of halogens is 1. The molecule has 1 aliphatic heterocycles. The Bertz CT molecular complexity index is 1180. The van der Waals surface area contributed by atoms with Gasteiger partial charge in [-0.3, -0.25) is 0 Å². The molecule has 0 atom stereocenters. The zero-order valence-corrected chi connectivity index (χ0v) is 20.5. The van der Waals surface area contributed by atoms with E-state index in [0.29, 0.717) is 17.4 Å². The average molecular weight is 472 g/mol. The molecule has 35 heavy (non-hydrogen) atoms. The number of piperidine rings is 1.